The number of hydrogen-bond donors (Lipinski definition) is 0. The van der Waals surface area contributed by atoms with E-state index in [2.05, 4.69) is 13.2 Å². The summed E-state index contributed by atoms with van der Waals surface area (Å²) in [5.41, 5.74) is -0.153. The van der Waals surface area contributed by atoms with Crippen LogP contribution < -0.4 is 0 Å². The van der Waals surface area contributed by atoms with Crippen molar-refractivity contribution in [1.82, 2.24) is 0 Å². The predicted molar refractivity (Wildman–Crippen MR) is 177 cm³/mol. The van der Waals surface area contributed by atoms with Gasteiger partial charge in [-0.15, -0.1) is 13.2 Å². The molecule has 8 heteroatoms. The lowest BCUT2D eigenvalue weighted by atomic mass is 9.98. The Bertz CT molecular complexity index is 1170. The molecule has 0 aromatic heterocycles. The van der Waals surface area contributed by atoms with Crippen LogP contribution >= 0.6 is 23.2 Å². The van der Waals surface area contributed by atoms with Gasteiger partial charge in [-0.2, -0.15) is 0 Å². The zero-order valence-corrected chi connectivity index (χ0v) is 27.1. The van der Waals surface area contributed by atoms with Crippen LogP contribution in [-0.2, 0) is 9.78 Å². The molecule has 0 amide bonds. The number of halogens is 2. The van der Waals surface area contributed by atoms with Gasteiger partial charge in [0.25, 0.3) is 0 Å². The van der Waals surface area contributed by atoms with Crippen LogP contribution in [0, 0.1) is 0 Å². The first-order valence-corrected chi connectivity index (χ1v) is 16.4. The van der Waals surface area contributed by atoms with Crippen molar-refractivity contribution in [2.24, 2.45) is 0 Å². The predicted octanol–water partition coefficient (Wildman–Crippen LogP) is 10.9. The summed E-state index contributed by atoms with van der Waals surface area (Å²) in [7, 11) is 0. The Morgan fingerprint density at radius 1 is 0.545 bits per heavy atom. The Morgan fingerprint density at radius 3 is 1.25 bits per heavy atom. The largest absolute Gasteiger partial charge is 0.387 e. The van der Waals surface area contributed by atoms with Crippen LogP contribution in [0.4, 0.5) is 0 Å². The van der Waals surface area contributed by atoms with E-state index in [9.17, 15) is 19.2 Å². The van der Waals surface area contributed by atoms with E-state index in [1.54, 1.807) is 0 Å². The van der Waals surface area contributed by atoms with Gasteiger partial charge in [-0.25, -0.2) is 19.4 Å². The number of rotatable bonds is 22. The second-order valence-electron chi connectivity index (χ2n) is 10.8. The third kappa shape index (κ3) is 12.8. The van der Waals surface area contributed by atoms with Crippen LogP contribution in [0.25, 0.3) is 0 Å². The molecule has 0 aliphatic carbocycles. The topological polar surface area (TPSA) is 86.7 Å². The Morgan fingerprint density at radius 2 is 0.886 bits per heavy atom. The summed E-state index contributed by atoms with van der Waals surface area (Å²) in [4.78, 5) is 61.5. The number of Topliss-reactive ketones (excluding diaryl/α,β-unsaturated/α-hetero) is 2. The van der Waals surface area contributed by atoms with Gasteiger partial charge in [-0.05, 0) is 62.8 Å². The van der Waals surface area contributed by atoms with Crippen molar-refractivity contribution in [2.75, 3.05) is 0 Å². The molecule has 0 saturated carbocycles. The monoisotopic (exact) mass is 642 g/mol. The maximum Gasteiger partial charge on any atom is 0.387 e. The van der Waals surface area contributed by atoms with E-state index in [0.29, 0.717) is 12.8 Å². The lowest BCUT2D eigenvalue weighted by Gasteiger charge is -2.11. The fourth-order valence-electron chi connectivity index (χ4n) is 4.93. The van der Waals surface area contributed by atoms with Gasteiger partial charge in [0.1, 0.15) is 0 Å². The smallest absolute Gasteiger partial charge is 0.294 e. The first-order valence-electron chi connectivity index (χ1n) is 15.6. The first kappa shape index (κ1) is 37.0. The summed E-state index contributed by atoms with van der Waals surface area (Å²) in [6.07, 6.45) is 18.1. The number of benzene rings is 2. The van der Waals surface area contributed by atoms with Crippen LogP contribution in [-0.4, -0.2) is 23.5 Å². The second kappa shape index (κ2) is 21.5. The Balaban J connectivity index is 1.95. The maximum absolute atomic E-state index is 13.0. The number of carbonyl (C=O) groups is 4. The van der Waals surface area contributed by atoms with Crippen molar-refractivity contribution in [1.29, 1.82) is 0 Å². The molecule has 0 aliphatic rings. The summed E-state index contributed by atoms with van der Waals surface area (Å²) < 4.78 is 0. The zero-order valence-electron chi connectivity index (χ0n) is 25.6. The molecule has 0 spiro atoms. The minimum atomic E-state index is -1.05. The highest BCUT2D eigenvalue weighted by atomic mass is 35.5. The molecule has 2 aromatic rings. The van der Waals surface area contributed by atoms with Crippen molar-refractivity contribution in [2.45, 2.75) is 103 Å². The lowest BCUT2D eigenvalue weighted by Crippen LogP contribution is -2.17. The standard InChI is InChI=1S/C36H44Cl2O6/c1-3-5-7-9-11-13-15-17-25-31(39)33-27(21-19-23-29(33)37)35(41)43-44-36(42)28-22-20-24-30(38)34(28)32(40)26-18-16-14-12-10-8-6-4-2/h3-4,19-24H,1-2,5-18,25-26H2. The van der Waals surface area contributed by atoms with Crippen molar-refractivity contribution >= 4 is 46.7 Å². The van der Waals surface area contributed by atoms with Gasteiger partial charge in [0.05, 0.1) is 32.3 Å². The molecule has 0 atom stereocenters. The third-order valence-electron chi connectivity index (χ3n) is 7.34. The van der Waals surface area contributed by atoms with E-state index >= 15 is 0 Å². The van der Waals surface area contributed by atoms with Crippen LogP contribution in [0.5, 0.6) is 0 Å². The molecule has 2 aromatic carbocycles. The van der Waals surface area contributed by atoms with E-state index in [1.165, 1.54) is 36.4 Å². The Labute approximate surface area is 271 Å². The fourth-order valence-corrected chi connectivity index (χ4v) is 5.49. The lowest BCUT2D eigenvalue weighted by molar-refractivity contribution is -0.187. The van der Waals surface area contributed by atoms with E-state index < -0.39 is 11.9 Å². The molecular weight excluding hydrogens is 599 g/mol. The Hall–Kier alpha value is -3.22. The number of carbonyl (C=O) groups excluding carboxylic acids is 4. The SMILES string of the molecule is C=CCCCCCCCCC(=O)c1c(Cl)cccc1C(=O)OOC(=O)c1cccc(Cl)c1C(=O)CCCCCCCCC=C. The summed E-state index contributed by atoms with van der Waals surface area (Å²) >= 11 is 12.6. The molecular formula is C36H44Cl2O6. The van der Waals surface area contributed by atoms with Gasteiger partial charge < -0.3 is 0 Å². The molecule has 0 N–H and O–H groups in total. The van der Waals surface area contributed by atoms with Crippen LogP contribution in [0.3, 0.4) is 0 Å². The third-order valence-corrected chi connectivity index (χ3v) is 7.97. The first-order chi connectivity index (χ1) is 21.3. The molecule has 0 radical (unpaired) electrons. The van der Waals surface area contributed by atoms with Crippen molar-refractivity contribution in [3.05, 3.63) is 94.0 Å². The van der Waals surface area contributed by atoms with Gasteiger partial charge in [0, 0.05) is 12.8 Å². The molecule has 2 rings (SSSR count). The molecule has 6 nitrogen and oxygen atoms in total. The minimum absolute atomic E-state index is 0.0283. The number of hydrogen-bond acceptors (Lipinski definition) is 6. The van der Waals surface area contributed by atoms with Gasteiger partial charge in [0.15, 0.2) is 11.6 Å². The van der Waals surface area contributed by atoms with Crippen LogP contribution in [0.2, 0.25) is 10.0 Å². The molecule has 238 valence electrons. The highest BCUT2D eigenvalue weighted by Gasteiger charge is 2.26. The van der Waals surface area contributed by atoms with Crippen molar-refractivity contribution < 1.29 is 29.0 Å². The molecule has 0 aliphatic heterocycles. The molecule has 0 bridgehead atoms. The van der Waals surface area contributed by atoms with Crippen molar-refractivity contribution in [3.8, 4) is 0 Å². The van der Waals surface area contributed by atoms with E-state index in [4.69, 9.17) is 33.0 Å². The quantitative estimate of drug-likeness (QED) is 0.0417. The molecule has 0 unspecified atom stereocenters. The molecule has 44 heavy (non-hydrogen) atoms. The van der Waals surface area contributed by atoms with E-state index in [0.717, 1.165) is 77.0 Å². The fraction of sp³-hybridized carbons (Fsp3) is 0.444. The average Bonchev–Trinajstić information content (AvgIpc) is 3.01. The van der Waals surface area contributed by atoms with Crippen molar-refractivity contribution in [3.63, 3.8) is 0 Å². The highest BCUT2D eigenvalue weighted by molar-refractivity contribution is 6.35. The Kier molecular flexibility index (Phi) is 18.0. The van der Waals surface area contributed by atoms with Gasteiger partial charge in [-0.1, -0.05) is 98.9 Å². The molecule has 0 fully saturated rings. The van der Waals surface area contributed by atoms with E-state index in [1.807, 2.05) is 12.2 Å². The summed E-state index contributed by atoms with van der Waals surface area (Å²) in [6, 6.07) is 8.84. The van der Waals surface area contributed by atoms with Gasteiger partial charge in [0.2, 0.25) is 0 Å². The van der Waals surface area contributed by atoms with Crippen LogP contribution in [0.1, 0.15) is 144 Å². The number of allylic oxidation sites excluding steroid dienone is 2. The molecule has 0 saturated heterocycles. The highest BCUT2D eigenvalue weighted by Crippen LogP contribution is 2.26. The minimum Gasteiger partial charge on any atom is -0.294 e. The second-order valence-corrected chi connectivity index (χ2v) is 11.6. The van der Waals surface area contributed by atoms with Gasteiger partial charge in [-0.3, -0.25) is 9.59 Å². The average molecular weight is 644 g/mol. The maximum atomic E-state index is 13.0. The van der Waals surface area contributed by atoms with E-state index in [-0.39, 0.29) is 56.7 Å². The van der Waals surface area contributed by atoms with Crippen LogP contribution in [0.15, 0.2) is 61.7 Å². The summed E-state index contributed by atoms with van der Waals surface area (Å²) in [6.45, 7) is 7.45. The molecule has 0 heterocycles. The zero-order chi connectivity index (χ0) is 32.2. The number of ketones is 2. The van der Waals surface area contributed by atoms with Gasteiger partial charge >= 0.3 is 11.9 Å². The summed E-state index contributed by atoms with van der Waals surface area (Å²) in [5.74, 6) is -2.68. The normalized spacial score (nSPS) is 10.7. The number of unbranched alkanes of at least 4 members (excludes halogenated alkanes) is 12. The summed E-state index contributed by atoms with van der Waals surface area (Å²) in [5, 5.41) is 0.222.